The molecule has 0 aliphatic carbocycles. The van der Waals surface area contributed by atoms with Crippen molar-refractivity contribution < 1.29 is 15.5 Å². The standard InChI is InChI=1S/C21H31N5O2/c1-22-20-6-4-5-7-21(20)24(2)13-12-23-25(3)18-8-10-19(11-9-18)26(14-16-27)15-17-28/h4-12,22,27-28H,13-17H2,1-3H3/p+1/b23-12+. The first-order chi connectivity index (χ1) is 13.6. The van der Waals surface area contributed by atoms with Crippen LogP contribution < -0.4 is 20.1 Å². The van der Waals surface area contributed by atoms with Gasteiger partial charge in [-0.1, -0.05) is 12.1 Å². The van der Waals surface area contributed by atoms with E-state index in [1.165, 1.54) is 11.4 Å². The van der Waals surface area contributed by atoms with Crippen molar-refractivity contribution in [1.29, 1.82) is 0 Å². The summed E-state index contributed by atoms with van der Waals surface area (Å²) >= 11 is 0. The third-order valence-corrected chi connectivity index (χ3v) is 4.60. The van der Waals surface area contributed by atoms with Crippen molar-refractivity contribution in [3.05, 3.63) is 48.5 Å². The molecular formula is C21H32N5O2+. The molecule has 0 aromatic heterocycles. The molecule has 0 spiro atoms. The van der Waals surface area contributed by atoms with Crippen LogP contribution in [0.5, 0.6) is 0 Å². The number of benzene rings is 2. The predicted octanol–water partition coefficient (Wildman–Crippen LogP) is 0.861. The van der Waals surface area contributed by atoms with E-state index in [4.69, 9.17) is 10.2 Å². The van der Waals surface area contributed by atoms with Crippen molar-refractivity contribution in [3.63, 3.8) is 0 Å². The number of para-hydroxylation sites is 2. The molecule has 2 aromatic rings. The molecule has 0 atom stereocenters. The minimum atomic E-state index is 0.0540. The summed E-state index contributed by atoms with van der Waals surface area (Å²) in [6.45, 7) is 1.80. The minimum Gasteiger partial charge on any atom is -0.395 e. The van der Waals surface area contributed by atoms with E-state index in [-0.39, 0.29) is 13.2 Å². The average Bonchev–Trinajstić information content (AvgIpc) is 2.73. The van der Waals surface area contributed by atoms with E-state index in [9.17, 15) is 0 Å². The van der Waals surface area contributed by atoms with Gasteiger partial charge in [-0.05, 0) is 30.3 Å². The maximum atomic E-state index is 9.17. The molecule has 0 fully saturated rings. The molecule has 0 unspecified atom stereocenters. The van der Waals surface area contributed by atoms with E-state index in [1.54, 1.807) is 0 Å². The lowest BCUT2D eigenvalue weighted by molar-refractivity contribution is -0.538. The van der Waals surface area contributed by atoms with Crippen molar-refractivity contribution in [2.24, 2.45) is 5.10 Å². The zero-order valence-corrected chi connectivity index (χ0v) is 17.0. The number of hydrogen-bond acceptors (Lipinski definition) is 6. The quantitative estimate of drug-likeness (QED) is 0.303. The Hall–Kier alpha value is -2.61. The predicted molar refractivity (Wildman–Crippen MR) is 117 cm³/mol. The summed E-state index contributed by atoms with van der Waals surface area (Å²) in [5.41, 5.74) is 4.32. The molecule has 7 heteroatoms. The number of anilines is 3. The van der Waals surface area contributed by atoms with E-state index in [2.05, 4.69) is 34.5 Å². The zero-order chi connectivity index (χ0) is 20.4. The maximum Gasteiger partial charge on any atom is 0.152 e. The first-order valence-corrected chi connectivity index (χ1v) is 9.53. The summed E-state index contributed by atoms with van der Waals surface area (Å²) in [5.74, 6) is 0. The Balaban J connectivity index is 1.97. The van der Waals surface area contributed by atoms with Gasteiger partial charge in [-0.3, -0.25) is 5.01 Å². The molecule has 0 saturated heterocycles. The van der Waals surface area contributed by atoms with Crippen molar-refractivity contribution in [3.8, 4) is 0 Å². The second-order valence-electron chi connectivity index (χ2n) is 6.50. The maximum absolute atomic E-state index is 9.17. The summed E-state index contributed by atoms with van der Waals surface area (Å²) in [4.78, 5) is 4.11. The largest absolute Gasteiger partial charge is 0.395 e. The van der Waals surface area contributed by atoms with Gasteiger partial charge < -0.3 is 25.3 Å². The number of quaternary nitrogens is 1. The number of hydrogen-bond donors (Lipinski definition) is 3. The molecule has 2 rings (SSSR count). The van der Waals surface area contributed by atoms with Gasteiger partial charge in [-0.25, -0.2) is 0 Å². The summed E-state index contributed by atoms with van der Waals surface area (Å²) in [7, 11) is 6.01. The fourth-order valence-corrected chi connectivity index (χ4v) is 3.02. The Bertz CT molecular complexity index is 730. The third kappa shape index (κ3) is 5.95. The lowest BCUT2D eigenvalue weighted by atomic mass is 10.2. The van der Waals surface area contributed by atoms with Gasteiger partial charge in [0.1, 0.15) is 0 Å². The van der Waals surface area contributed by atoms with Crippen molar-refractivity contribution >= 4 is 29.0 Å². The Morgan fingerprint density at radius 2 is 1.54 bits per heavy atom. The number of nitrogens with two attached hydrogens (primary N) is 1. The lowest BCUT2D eigenvalue weighted by Gasteiger charge is -2.23. The molecular weight excluding hydrogens is 354 g/mol. The smallest absolute Gasteiger partial charge is 0.152 e. The van der Waals surface area contributed by atoms with Crippen molar-refractivity contribution in [1.82, 2.24) is 0 Å². The Morgan fingerprint density at radius 1 is 0.929 bits per heavy atom. The van der Waals surface area contributed by atoms with Gasteiger partial charge in [0, 0.05) is 45.2 Å². The molecule has 152 valence electrons. The van der Waals surface area contributed by atoms with Gasteiger partial charge in [0.25, 0.3) is 0 Å². The van der Waals surface area contributed by atoms with Gasteiger partial charge in [0.05, 0.1) is 38.2 Å². The van der Waals surface area contributed by atoms with Gasteiger partial charge in [-0.2, -0.15) is 5.10 Å². The number of aliphatic hydroxyl groups is 2. The summed E-state index contributed by atoms with van der Waals surface area (Å²) in [6.07, 6.45) is 1.89. The number of nitrogens with zero attached hydrogens (tertiary/aromatic N) is 4. The third-order valence-electron chi connectivity index (χ3n) is 4.60. The van der Waals surface area contributed by atoms with Gasteiger partial charge in [0.2, 0.25) is 0 Å². The highest BCUT2D eigenvalue weighted by Crippen LogP contribution is 2.21. The van der Waals surface area contributed by atoms with Crippen LogP contribution in [0.2, 0.25) is 0 Å². The second kappa shape index (κ2) is 11.3. The first kappa shape index (κ1) is 21.7. The molecule has 0 heterocycles. The van der Waals surface area contributed by atoms with E-state index < -0.39 is 0 Å². The number of hydrazone groups is 1. The van der Waals surface area contributed by atoms with Gasteiger partial charge in [0.15, 0.2) is 5.69 Å². The number of rotatable bonds is 11. The van der Waals surface area contributed by atoms with E-state index >= 15 is 0 Å². The van der Waals surface area contributed by atoms with Crippen LogP contribution in [0.4, 0.5) is 22.7 Å². The van der Waals surface area contributed by atoms with E-state index in [1.807, 2.05) is 66.6 Å². The number of aliphatic hydroxyl groups excluding tert-OH is 2. The fraction of sp³-hybridized carbons (Fsp3) is 0.381. The van der Waals surface area contributed by atoms with Crippen LogP contribution in [0.25, 0.3) is 0 Å². The molecule has 0 bridgehead atoms. The summed E-state index contributed by atoms with van der Waals surface area (Å²) in [6, 6.07) is 16.2. The SMILES string of the molecule is C[NH2+]c1ccccc1N(C)C/C=N/N(C)c1ccc(N(CCO)CCO)cc1. The first-order valence-electron chi connectivity index (χ1n) is 9.53. The van der Waals surface area contributed by atoms with E-state index in [0.717, 1.165) is 11.4 Å². The molecule has 0 radical (unpaired) electrons. The van der Waals surface area contributed by atoms with Crippen molar-refractivity contribution in [2.45, 2.75) is 0 Å². The molecule has 0 amide bonds. The highest BCUT2D eigenvalue weighted by atomic mass is 16.3. The summed E-state index contributed by atoms with van der Waals surface area (Å²) < 4.78 is 0. The van der Waals surface area contributed by atoms with Crippen LogP contribution in [0, 0.1) is 0 Å². The van der Waals surface area contributed by atoms with Crippen LogP contribution in [0.3, 0.4) is 0 Å². The molecule has 4 N–H and O–H groups in total. The summed E-state index contributed by atoms with van der Waals surface area (Å²) in [5, 5.41) is 26.8. The van der Waals surface area contributed by atoms with E-state index in [0.29, 0.717) is 19.6 Å². The van der Waals surface area contributed by atoms with Gasteiger partial charge in [-0.15, -0.1) is 0 Å². The Labute approximate surface area is 167 Å². The second-order valence-corrected chi connectivity index (χ2v) is 6.50. The molecule has 0 saturated carbocycles. The van der Waals surface area contributed by atoms with Crippen LogP contribution in [0.15, 0.2) is 53.6 Å². The minimum absolute atomic E-state index is 0.0540. The topological polar surface area (TPSA) is 79.2 Å². The molecule has 0 aliphatic heterocycles. The lowest BCUT2D eigenvalue weighted by Crippen LogP contribution is -2.73. The Morgan fingerprint density at radius 3 is 2.14 bits per heavy atom. The van der Waals surface area contributed by atoms with Crippen LogP contribution >= 0.6 is 0 Å². The monoisotopic (exact) mass is 386 g/mol. The highest BCUT2D eigenvalue weighted by molar-refractivity contribution is 5.71. The van der Waals surface area contributed by atoms with Crippen LogP contribution in [-0.2, 0) is 0 Å². The zero-order valence-electron chi connectivity index (χ0n) is 17.0. The molecule has 7 nitrogen and oxygen atoms in total. The highest BCUT2D eigenvalue weighted by Gasteiger charge is 2.08. The fourth-order valence-electron chi connectivity index (χ4n) is 3.02. The van der Waals surface area contributed by atoms with Crippen LogP contribution in [0.1, 0.15) is 0 Å². The molecule has 2 aromatic carbocycles. The molecule has 28 heavy (non-hydrogen) atoms. The van der Waals surface area contributed by atoms with Crippen molar-refractivity contribution in [2.75, 3.05) is 68.8 Å². The van der Waals surface area contributed by atoms with Gasteiger partial charge >= 0.3 is 0 Å². The van der Waals surface area contributed by atoms with Crippen LogP contribution in [-0.4, -0.2) is 70.4 Å². The average molecular weight is 387 g/mol. The molecule has 0 aliphatic rings. The Kier molecular flexibility index (Phi) is 8.74. The normalized spacial score (nSPS) is 11.0.